The van der Waals surface area contributed by atoms with Crippen LogP contribution in [0.15, 0.2) is 0 Å². The molecule has 0 aromatic rings. The number of carbonyl (C=O) groups is 1. The van der Waals surface area contributed by atoms with Gasteiger partial charge in [-0.15, -0.1) is 0 Å². The van der Waals surface area contributed by atoms with E-state index in [-0.39, 0.29) is 5.91 Å². The molecule has 1 fully saturated rings. The molecule has 0 spiro atoms. The van der Waals surface area contributed by atoms with E-state index in [1.807, 2.05) is 0 Å². The summed E-state index contributed by atoms with van der Waals surface area (Å²) < 4.78 is 0. The van der Waals surface area contributed by atoms with Gasteiger partial charge in [0.15, 0.2) is 0 Å². The largest absolute Gasteiger partial charge is 0.353 e. The molecule has 0 saturated carbocycles. The van der Waals surface area contributed by atoms with Crippen molar-refractivity contribution >= 4 is 5.91 Å². The number of amides is 1. The summed E-state index contributed by atoms with van der Waals surface area (Å²) in [5.41, 5.74) is 0. The zero-order valence-corrected chi connectivity index (χ0v) is 10.8. The first-order valence-electron chi connectivity index (χ1n) is 6.37. The van der Waals surface area contributed by atoms with Gasteiger partial charge in [-0.25, -0.2) is 0 Å². The third-order valence-corrected chi connectivity index (χ3v) is 2.95. The Labute approximate surface area is 98.8 Å². The van der Waals surface area contributed by atoms with Crippen LogP contribution in [0.2, 0.25) is 0 Å². The number of piperazine rings is 1. The van der Waals surface area contributed by atoms with E-state index in [0.717, 1.165) is 32.5 Å². The van der Waals surface area contributed by atoms with Gasteiger partial charge in [0, 0.05) is 31.7 Å². The fourth-order valence-corrected chi connectivity index (χ4v) is 2.18. The van der Waals surface area contributed by atoms with Gasteiger partial charge >= 0.3 is 0 Å². The van der Waals surface area contributed by atoms with Gasteiger partial charge in [-0.1, -0.05) is 13.3 Å². The summed E-state index contributed by atoms with van der Waals surface area (Å²) in [5, 5.41) is 6.41. The van der Waals surface area contributed by atoms with Crippen LogP contribution in [-0.2, 0) is 4.79 Å². The summed E-state index contributed by atoms with van der Waals surface area (Å²) in [6.07, 6.45) is 2.18. The van der Waals surface area contributed by atoms with Crippen LogP contribution < -0.4 is 10.6 Å². The molecule has 0 bridgehead atoms. The van der Waals surface area contributed by atoms with Crippen LogP contribution in [0.4, 0.5) is 0 Å². The van der Waals surface area contributed by atoms with E-state index >= 15 is 0 Å². The van der Waals surface area contributed by atoms with Crippen LogP contribution in [0, 0.1) is 0 Å². The van der Waals surface area contributed by atoms with Crippen LogP contribution in [-0.4, -0.2) is 49.1 Å². The third kappa shape index (κ3) is 4.94. The number of carbonyl (C=O) groups excluding carboxylic acids is 1. The maximum Gasteiger partial charge on any atom is 0.234 e. The lowest BCUT2D eigenvalue weighted by Crippen LogP contribution is -2.52. The smallest absolute Gasteiger partial charge is 0.234 e. The highest BCUT2D eigenvalue weighted by Crippen LogP contribution is 1.99. The molecule has 0 radical (unpaired) electrons. The van der Waals surface area contributed by atoms with Crippen molar-refractivity contribution in [1.82, 2.24) is 15.5 Å². The lowest BCUT2D eigenvalue weighted by Gasteiger charge is -2.31. The van der Waals surface area contributed by atoms with Crippen molar-refractivity contribution in [1.29, 1.82) is 0 Å². The fourth-order valence-electron chi connectivity index (χ4n) is 2.18. The van der Waals surface area contributed by atoms with Crippen molar-refractivity contribution in [2.45, 2.75) is 45.7 Å². The quantitative estimate of drug-likeness (QED) is 0.722. The van der Waals surface area contributed by atoms with Gasteiger partial charge in [0.1, 0.15) is 0 Å². The molecule has 0 aliphatic carbocycles. The zero-order chi connectivity index (χ0) is 12.0. The van der Waals surface area contributed by atoms with Gasteiger partial charge in [0.2, 0.25) is 5.91 Å². The molecule has 16 heavy (non-hydrogen) atoms. The second-order valence-corrected chi connectivity index (χ2v) is 4.85. The van der Waals surface area contributed by atoms with Gasteiger partial charge in [-0.3, -0.25) is 9.69 Å². The van der Waals surface area contributed by atoms with Crippen LogP contribution in [0.5, 0.6) is 0 Å². The maximum atomic E-state index is 11.7. The van der Waals surface area contributed by atoms with Crippen LogP contribution in [0.3, 0.4) is 0 Å². The minimum Gasteiger partial charge on any atom is -0.353 e. The SMILES string of the molecule is CCCC(C)NC(=O)CN1CCN[C@H](C)C1. The Morgan fingerprint density at radius 1 is 1.62 bits per heavy atom. The molecule has 0 aromatic heterocycles. The summed E-state index contributed by atoms with van der Waals surface area (Å²) >= 11 is 0. The molecule has 1 aliphatic rings. The first kappa shape index (κ1) is 13.5. The van der Waals surface area contributed by atoms with Crippen molar-refractivity contribution in [3.63, 3.8) is 0 Å². The second-order valence-electron chi connectivity index (χ2n) is 4.85. The monoisotopic (exact) mass is 227 g/mol. The summed E-state index contributed by atoms with van der Waals surface area (Å²) in [6.45, 7) is 9.83. The van der Waals surface area contributed by atoms with Gasteiger partial charge in [-0.2, -0.15) is 0 Å². The first-order chi connectivity index (χ1) is 7.61. The van der Waals surface area contributed by atoms with Crippen molar-refractivity contribution in [3.8, 4) is 0 Å². The highest BCUT2D eigenvalue weighted by molar-refractivity contribution is 5.78. The topological polar surface area (TPSA) is 44.4 Å². The Bertz CT molecular complexity index is 220. The molecular formula is C12H25N3O. The maximum absolute atomic E-state index is 11.7. The van der Waals surface area contributed by atoms with E-state index in [9.17, 15) is 4.79 Å². The average Bonchev–Trinajstić information content (AvgIpc) is 2.17. The molecule has 2 N–H and O–H groups in total. The van der Waals surface area contributed by atoms with E-state index < -0.39 is 0 Å². The predicted molar refractivity (Wildman–Crippen MR) is 66.4 cm³/mol. The van der Waals surface area contributed by atoms with Crippen LogP contribution in [0.25, 0.3) is 0 Å². The Morgan fingerprint density at radius 2 is 2.38 bits per heavy atom. The molecule has 2 atom stereocenters. The first-order valence-corrected chi connectivity index (χ1v) is 6.37. The number of nitrogens with one attached hydrogen (secondary N) is 2. The number of rotatable bonds is 5. The predicted octanol–water partition coefficient (Wildman–Crippen LogP) is 0.585. The molecule has 94 valence electrons. The summed E-state index contributed by atoms with van der Waals surface area (Å²) in [7, 11) is 0. The molecule has 1 heterocycles. The highest BCUT2D eigenvalue weighted by atomic mass is 16.2. The van der Waals surface area contributed by atoms with Gasteiger partial charge in [0.05, 0.1) is 6.54 Å². The van der Waals surface area contributed by atoms with E-state index in [1.165, 1.54) is 0 Å². The molecule has 1 unspecified atom stereocenters. The second kappa shape index (κ2) is 6.86. The van der Waals surface area contributed by atoms with Crippen LogP contribution in [0.1, 0.15) is 33.6 Å². The Kier molecular flexibility index (Phi) is 5.77. The van der Waals surface area contributed by atoms with Crippen molar-refractivity contribution < 1.29 is 4.79 Å². The van der Waals surface area contributed by atoms with E-state index in [0.29, 0.717) is 18.6 Å². The minimum absolute atomic E-state index is 0.162. The average molecular weight is 227 g/mol. The van der Waals surface area contributed by atoms with E-state index in [4.69, 9.17) is 0 Å². The summed E-state index contributed by atoms with van der Waals surface area (Å²) in [5.74, 6) is 0.162. The Hall–Kier alpha value is -0.610. The molecular weight excluding hydrogens is 202 g/mol. The minimum atomic E-state index is 0.162. The van der Waals surface area contributed by atoms with Crippen molar-refractivity contribution in [3.05, 3.63) is 0 Å². The van der Waals surface area contributed by atoms with Gasteiger partial charge < -0.3 is 10.6 Å². The molecule has 1 rings (SSSR count). The Balaban J connectivity index is 2.22. The van der Waals surface area contributed by atoms with E-state index in [1.54, 1.807) is 0 Å². The molecule has 1 saturated heterocycles. The normalized spacial score (nSPS) is 24.1. The van der Waals surface area contributed by atoms with Gasteiger partial charge in [0.25, 0.3) is 0 Å². The lowest BCUT2D eigenvalue weighted by atomic mass is 10.2. The zero-order valence-electron chi connectivity index (χ0n) is 10.8. The van der Waals surface area contributed by atoms with Gasteiger partial charge in [-0.05, 0) is 20.3 Å². The summed E-state index contributed by atoms with van der Waals surface area (Å²) in [6, 6.07) is 0.799. The third-order valence-electron chi connectivity index (χ3n) is 2.95. The van der Waals surface area contributed by atoms with Crippen LogP contribution >= 0.6 is 0 Å². The number of hydrogen-bond donors (Lipinski definition) is 2. The van der Waals surface area contributed by atoms with E-state index in [2.05, 4.69) is 36.3 Å². The molecule has 0 aromatic carbocycles. The highest BCUT2D eigenvalue weighted by Gasteiger charge is 2.18. The molecule has 4 nitrogen and oxygen atoms in total. The molecule has 1 amide bonds. The molecule has 1 aliphatic heterocycles. The number of nitrogens with zero attached hydrogens (tertiary/aromatic N) is 1. The number of hydrogen-bond acceptors (Lipinski definition) is 3. The van der Waals surface area contributed by atoms with Crippen molar-refractivity contribution in [2.24, 2.45) is 0 Å². The fraction of sp³-hybridized carbons (Fsp3) is 0.917. The lowest BCUT2D eigenvalue weighted by molar-refractivity contribution is -0.123. The molecule has 4 heteroatoms. The van der Waals surface area contributed by atoms with Crippen molar-refractivity contribution in [2.75, 3.05) is 26.2 Å². The Morgan fingerprint density at radius 3 is 3.00 bits per heavy atom. The summed E-state index contributed by atoms with van der Waals surface area (Å²) in [4.78, 5) is 13.9. The standard InChI is InChI=1S/C12H25N3O/c1-4-5-10(2)14-12(16)9-15-7-6-13-11(3)8-15/h10-11,13H,4-9H2,1-3H3,(H,14,16)/t10?,11-/m1/s1.